The van der Waals surface area contributed by atoms with Crippen molar-refractivity contribution in [2.75, 3.05) is 0 Å². The van der Waals surface area contributed by atoms with Gasteiger partial charge in [-0.25, -0.2) is 4.57 Å². The van der Waals surface area contributed by atoms with Crippen molar-refractivity contribution in [3.63, 3.8) is 0 Å². The van der Waals surface area contributed by atoms with Crippen molar-refractivity contribution in [2.24, 2.45) is 4.95 Å². The summed E-state index contributed by atoms with van der Waals surface area (Å²) in [4.78, 5) is 19.0. The van der Waals surface area contributed by atoms with Gasteiger partial charge in [0.25, 0.3) is 0 Å². The molecule has 4 aromatic carbocycles. The summed E-state index contributed by atoms with van der Waals surface area (Å²) in [6.45, 7) is 3.94. The zero-order chi connectivity index (χ0) is 26.3. The normalized spacial score (nSPS) is 13.8. The van der Waals surface area contributed by atoms with Crippen LogP contribution < -0.4 is 0 Å². The van der Waals surface area contributed by atoms with Gasteiger partial charge in [-0.2, -0.15) is 0 Å². The van der Waals surface area contributed by atoms with Gasteiger partial charge in [0.05, 0.1) is 4.95 Å². The van der Waals surface area contributed by atoms with Crippen molar-refractivity contribution in [1.29, 1.82) is 0 Å². The Kier molecular flexibility index (Phi) is 6.52. The smallest absolute Gasteiger partial charge is 0.397 e. The van der Waals surface area contributed by atoms with Crippen LogP contribution in [0, 0.1) is 18.8 Å². The highest BCUT2D eigenvalue weighted by molar-refractivity contribution is 7.99. The summed E-state index contributed by atoms with van der Waals surface area (Å²) in [6, 6.07) is 27.6. The monoisotopic (exact) mass is 555 g/mol. The van der Waals surface area contributed by atoms with Crippen LogP contribution in [-0.2, 0) is 13.6 Å². The molecule has 2 heterocycles. The van der Waals surface area contributed by atoms with Gasteiger partial charge in [-0.05, 0) is 73.5 Å². The Balaban J connectivity index is 1.45. The molecule has 0 N–H and O–H groups in total. The van der Waals surface area contributed by atoms with E-state index >= 15 is 0 Å². The Morgan fingerprint density at radius 1 is 0.632 bits per heavy atom. The molecule has 6 rings (SSSR count). The van der Waals surface area contributed by atoms with E-state index in [1.165, 1.54) is 0 Å². The molecule has 0 aromatic heterocycles. The zero-order valence-corrected chi connectivity index (χ0v) is 23.1. The molecule has 188 valence electrons. The maximum atomic E-state index is 13.9. The third kappa shape index (κ3) is 4.85. The second-order valence-electron chi connectivity index (χ2n) is 9.03. The van der Waals surface area contributed by atoms with Crippen LogP contribution in [0.4, 0.5) is 0 Å². The molecule has 0 amide bonds. The molecule has 8 heteroatoms. The first-order valence-corrected chi connectivity index (χ1v) is 15.1. The van der Waals surface area contributed by atoms with Crippen molar-refractivity contribution >= 4 is 54.9 Å². The highest BCUT2D eigenvalue weighted by Gasteiger charge is 2.35. The largest absolute Gasteiger partial charge is 0.600 e. The highest BCUT2D eigenvalue weighted by Crippen LogP contribution is 2.59. The van der Waals surface area contributed by atoms with Gasteiger partial charge < -0.3 is 9.05 Å². The van der Waals surface area contributed by atoms with E-state index in [0.717, 1.165) is 53.0 Å². The second kappa shape index (κ2) is 9.99. The minimum atomic E-state index is -4.53. The molecule has 0 atom stereocenters. The number of rotatable bonds is 5. The molecule has 5 nitrogen and oxygen atoms in total. The summed E-state index contributed by atoms with van der Waals surface area (Å²) < 4.78 is 25.9. The summed E-state index contributed by atoms with van der Waals surface area (Å²) in [5, 5.41) is 0. The van der Waals surface area contributed by atoms with Crippen LogP contribution in [0.2, 0.25) is 0 Å². The van der Waals surface area contributed by atoms with E-state index in [0.29, 0.717) is 0 Å². The Morgan fingerprint density at radius 3 is 1.53 bits per heavy atom. The third-order valence-corrected chi connectivity index (χ3v) is 9.57. The predicted molar refractivity (Wildman–Crippen MR) is 155 cm³/mol. The quantitative estimate of drug-likeness (QED) is 0.180. The van der Waals surface area contributed by atoms with Crippen molar-refractivity contribution in [1.82, 2.24) is 0 Å². The van der Waals surface area contributed by atoms with E-state index in [-0.39, 0.29) is 11.5 Å². The van der Waals surface area contributed by atoms with Crippen molar-refractivity contribution in [2.45, 2.75) is 33.4 Å². The van der Waals surface area contributed by atoms with Crippen LogP contribution in [0.1, 0.15) is 33.4 Å². The van der Waals surface area contributed by atoms with Gasteiger partial charge >= 0.3 is 7.75 Å². The first kappa shape index (κ1) is 24.8. The van der Waals surface area contributed by atoms with E-state index < -0.39 is 7.75 Å². The topological polar surface area (TPSA) is 65.0 Å². The molecular formula is C30H22NO4PS2. The van der Waals surface area contributed by atoms with Gasteiger partial charge in [-0.15, -0.1) is 4.91 Å². The molecular weight excluding hydrogens is 533 g/mol. The van der Waals surface area contributed by atoms with E-state index in [4.69, 9.17) is 9.05 Å². The Labute approximate surface area is 229 Å². The van der Waals surface area contributed by atoms with Crippen LogP contribution in [0.15, 0.2) is 109 Å². The lowest BCUT2D eigenvalue weighted by Crippen LogP contribution is -1.97. The van der Waals surface area contributed by atoms with E-state index in [2.05, 4.69) is 4.95 Å². The molecule has 0 fully saturated rings. The molecule has 4 aromatic rings. The molecule has 0 unspecified atom stereocenters. The third-order valence-electron chi connectivity index (χ3n) is 6.18. The van der Waals surface area contributed by atoms with Gasteiger partial charge in [0.15, 0.2) is 0 Å². The number of benzene rings is 4. The van der Waals surface area contributed by atoms with Crippen molar-refractivity contribution < 1.29 is 13.6 Å². The maximum absolute atomic E-state index is 13.9. The lowest BCUT2D eigenvalue weighted by molar-refractivity contribution is 0.355. The number of nitroso groups, excluding NO2 is 1. The average molecular weight is 556 g/mol. The van der Waals surface area contributed by atoms with Crippen LogP contribution >= 0.6 is 31.3 Å². The number of hydrogen-bond acceptors (Lipinski definition) is 6. The Bertz CT molecular complexity index is 1590. The molecule has 38 heavy (non-hydrogen) atoms. The number of fused-ring (bicyclic) bond motifs is 4. The molecule has 2 aliphatic rings. The van der Waals surface area contributed by atoms with Crippen LogP contribution in [0.5, 0.6) is 0 Å². The van der Waals surface area contributed by atoms with Crippen LogP contribution in [0.3, 0.4) is 0 Å². The predicted octanol–water partition coefficient (Wildman–Crippen LogP) is 9.84. The summed E-state index contributed by atoms with van der Waals surface area (Å²) >= 11 is 3.17. The summed E-state index contributed by atoms with van der Waals surface area (Å²) in [7, 11) is -4.53. The number of nitrogens with zero attached hydrogens (tertiary/aromatic N) is 1. The molecule has 0 radical (unpaired) electrons. The standard InChI is InChI=1S/C30H22NO4PS2/c1-19-11-13-29-23(15-19)25(17-21-7-3-5-9-27(21)37-29)34-36(33,31-32)35-26-18-22-8-4-6-10-28(22)38-30-14-12-20(2)16-24(26)30/h3-18H,1-2H3. The number of aryl methyl sites for hydroxylation is 2. The average Bonchev–Trinajstić information content (AvgIpc) is 3.16. The highest BCUT2D eigenvalue weighted by atomic mass is 32.2. The first-order valence-electron chi connectivity index (χ1n) is 11.9. The fourth-order valence-electron chi connectivity index (χ4n) is 4.36. The second-order valence-corrected chi connectivity index (χ2v) is 12.7. The lowest BCUT2D eigenvalue weighted by Gasteiger charge is -2.19. The van der Waals surface area contributed by atoms with E-state index in [1.54, 1.807) is 35.7 Å². The molecule has 0 saturated heterocycles. The summed E-state index contributed by atoms with van der Waals surface area (Å²) in [6.07, 6.45) is 3.58. The summed E-state index contributed by atoms with van der Waals surface area (Å²) in [5.74, 6) is 0.551. The molecule has 0 bridgehead atoms. The Morgan fingerprint density at radius 2 is 1.08 bits per heavy atom. The number of hydrogen-bond donors (Lipinski definition) is 0. The lowest BCUT2D eigenvalue weighted by atomic mass is 10.1. The maximum Gasteiger partial charge on any atom is 0.600 e. The van der Waals surface area contributed by atoms with Gasteiger partial charge in [0.2, 0.25) is 0 Å². The molecule has 0 saturated carbocycles. The van der Waals surface area contributed by atoms with Gasteiger partial charge in [-0.3, -0.25) is 0 Å². The van der Waals surface area contributed by atoms with E-state index in [1.807, 2.05) is 98.8 Å². The minimum absolute atomic E-state index is 0.276. The Hall–Kier alpha value is -3.51. The van der Waals surface area contributed by atoms with Crippen molar-refractivity contribution in [3.8, 4) is 0 Å². The SMILES string of the molecule is Cc1ccc2c(c1)C(OP(=O)(N=O)OC1=Cc3ccccc3Sc3ccc(C)cc31)=Cc1ccccc1S2. The summed E-state index contributed by atoms with van der Waals surface area (Å²) in [5.41, 5.74) is 5.24. The fraction of sp³-hybridized carbons (Fsp3) is 0.0667. The fourth-order valence-corrected chi connectivity index (χ4v) is 7.33. The van der Waals surface area contributed by atoms with Crippen molar-refractivity contribution in [3.05, 3.63) is 123 Å². The minimum Gasteiger partial charge on any atom is -0.397 e. The van der Waals surface area contributed by atoms with Gasteiger partial charge in [0, 0.05) is 30.7 Å². The van der Waals surface area contributed by atoms with Crippen LogP contribution in [0.25, 0.3) is 23.7 Å². The molecule has 2 aliphatic heterocycles. The molecule has 0 aliphatic carbocycles. The first-order chi connectivity index (χ1) is 18.4. The molecule has 0 spiro atoms. The zero-order valence-electron chi connectivity index (χ0n) is 20.6. The van der Waals surface area contributed by atoms with Crippen LogP contribution in [-0.4, -0.2) is 0 Å². The van der Waals surface area contributed by atoms with Gasteiger partial charge in [0.1, 0.15) is 11.5 Å². The van der Waals surface area contributed by atoms with E-state index in [9.17, 15) is 9.47 Å². The van der Waals surface area contributed by atoms with Gasteiger partial charge in [-0.1, -0.05) is 83.2 Å².